The zero-order valence-corrected chi connectivity index (χ0v) is 14.9. The van der Waals surface area contributed by atoms with Crippen LogP contribution in [0.1, 0.15) is 22.3 Å². The molecular weight excluding hydrogens is 418 g/mol. The molecule has 0 fully saturated rings. The minimum atomic E-state index is -0.0612. The summed E-state index contributed by atoms with van der Waals surface area (Å²) in [4.78, 5) is 26.2. The van der Waals surface area contributed by atoms with Crippen molar-refractivity contribution < 1.29 is 9.59 Å². The van der Waals surface area contributed by atoms with Crippen molar-refractivity contribution in [3.05, 3.63) is 49.0 Å². The second-order valence-electron chi connectivity index (χ2n) is 4.77. The molecule has 0 saturated carbocycles. The second kappa shape index (κ2) is 6.02. The van der Waals surface area contributed by atoms with E-state index in [-0.39, 0.29) is 18.2 Å². The minimum Gasteiger partial charge on any atom is -0.304 e. The Kier molecular flexibility index (Phi) is 4.28. The van der Waals surface area contributed by atoms with E-state index < -0.39 is 0 Å². The van der Waals surface area contributed by atoms with E-state index in [1.54, 1.807) is 11.0 Å². The highest BCUT2D eigenvalue weighted by Crippen LogP contribution is 2.33. The predicted molar refractivity (Wildman–Crippen MR) is 91.2 cm³/mol. The minimum absolute atomic E-state index is 0.00691. The summed E-state index contributed by atoms with van der Waals surface area (Å²) in [5.41, 5.74) is 2.59. The zero-order valence-electron chi connectivity index (χ0n) is 10.9. The van der Waals surface area contributed by atoms with Gasteiger partial charge >= 0.3 is 0 Å². The van der Waals surface area contributed by atoms with E-state index in [4.69, 9.17) is 0 Å². The molecule has 0 atom stereocenters. The van der Waals surface area contributed by atoms with Crippen LogP contribution >= 0.6 is 43.2 Å². The molecular formula is C15H11Br2NO2S. The van der Waals surface area contributed by atoms with Gasteiger partial charge in [0.25, 0.3) is 0 Å². The molecule has 1 aromatic carbocycles. The van der Waals surface area contributed by atoms with Crippen LogP contribution in [-0.4, -0.2) is 18.2 Å². The number of benzene rings is 1. The van der Waals surface area contributed by atoms with Crippen LogP contribution in [0.2, 0.25) is 0 Å². The number of fused-ring (bicyclic) bond motifs is 1. The molecule has 2 aromatic rings. The standard InChI is InChI=1S/C15H11Br2NO2S/c16-13-7-10(15(17)21-13)12(19)8-18-11-4-2-1-3-9(11)5-6-14(18)20/h1-4,7H,5-6,8H2. The Bertz CT molecular complexity index is 726. The molecule has 1 aromatic heterocycles. The number of hydrogen-bond acceptors (Lipinski definition) is 3. The fourth-order valence-corrected chi connectivity index (χ4v) is 5.28. The lowest BCUT2D eigenvalue weighted by molar-refractivity contribution is -0.118. The fourth-order valence-electron chi connectivity index (χ4n) is 2.43. The molecule has 0 spiro atoms. The Morgan fingerprint density at radius 2 is 2.00 bits per heavy atom. The van der Waals surface area contributed by atoms with Crippen molar-refractivity contribution in [3.63, 3.8) is 0 Å². The van der Waals surface area contributed by atoms with Gasteiger partial charge in [-0.15, -0.1) is 11.3 Å². The maximum Gasteiger partial charge on any atom is 0.227 e. The lowest BCUT2D eigenvalue weighted by Crippen LogP contribution is -2.39. The van der Waals surface area contributed by atoms with Gasteiger partial charge in [0.2, 0.25) is 5.91 Å². The highest BCUT2D eigenvalue weighted by molar-refractivity contribution is 9.12. The van der Waals surface area contributed by atoms with Crippen LogP contribution in [0.5, 0.6) is 0 Å². The van der Waals surface area contributed by atoms with Crippen LogP contribution in [0, 0.1) is 0 Å². The van der Waals surface area contributed by atoms with Crippen LogP contribution in [0.15, 0.2) is 37.9 Å². The summed E-state index contributed by atoms with van der Waals surface area (Å²) in [6.45, 7) is 0.0810. The molecule has 0 N–H and O–H groups in total. The SMILES string of the molecule is O=C(CN1C(=O)CCc2ccccc21)c1cc(Br)sc1Br. The van der Waals surface area contributed by atoms with Crippen LogP contribution < -0.4 is 4.90 Å². The van der Waals surface area contributed by atoms with Crippen LogP contribution in [-0.2, 0) is 11.2 Å². The number of amides is 1. The first-order valence-electron chi connectivity index (χ1n) is 6.42. The van der Waals surface area contributed by atoms with Crippen molar-refractivity contribution in [1.29, 1.82) is 0 Å². The number of rotatable bonds is 3. The second-order valence-corrected chi connectivity index (χ2v) is 8.52. The third-order valence-corrected chi connectivity index (χ3v) is 5.79. The molecule has 2 heterocycles. The van der Waals surface area contributed by atoms with Gasteiger partial charge in [0.1, 0.15) is 0 Å². The number of hydrogen-bond donors (Lipinski definition) is 0. The first-order valence-corrected chi connectivity index (χ1v) is 8.83. The summed E-state index contributed by atoms with van der Waals surface area (Å²) < 4.78 is 1.68. The van der Waals surface area contributed by atoms with E-state index in [9.17, 15) is 9.59 Å². The predicted octanol–water partition coefficient (Wildman–Crippen LogP) is 4.44. The number of carbonyl (C=O) groups is 2. The molecule has 21 heavy (non-hydrogen) atoms. The van der Waals surface area contributed by atoms with Gasteiger partial charge in [0.05, 0.1) is 14.1 Å². The lowest BCUT2D eigenvalue weighted by Gasteiger charge is -2.28. The normalized spacial score (nSPS) is 14.2. The van der Waals surface area contributed by atoms with Gasteiger partial charge in [0, 0.05) is 17.7 Å². The topological polar surface area (TPSA) is 37.4 Å². The van der Waals surface area contributed by atoms with Gasteiger partial charge in [-0.05, 0) is 56.0 Å². The Balaban J connectivity index is 1.89. The van der Waals surface area contributed by atoms with E-state index in [2.05, 4.69) is 31.9 Å². The molecule has 3 nitrogen and oxygen atoms in total. The molecule has 1 aliphatic heterocycles. The van der Waals surface area contributed by atoms with Crippen LogP contribution in [0.3, 0.4) is 0 Å². The number of carbonyl (C=O) groups excluding carboxylic acids is 2. The third kappa shape index (κ3) is 2.98. The Hall–Kier alpha value is -0.980. The average molecular weight is 429 g/mol. The Labute approximate surface area is 143 Å². The van der Waals surface area contributed by atoms with Crippen molar-refractivity contribution in [3.8, 4) is 0 Å². The van der Waals surface area contributed by atoms with E-state index >= 15 is 0 Å². The van der Waals surface area contributed by atoms with Gasteiger partial charge in [-0.25, -0.2) is 0 Å². The molecule has 0 unspecified atom stereocenters. The molecule has 0 radical (unpaired) electrons. The number of nitrogens with zero attached hydrogens (tertiary/aromatic N) is 1. The number of ketones is 1. The van der Waals surface area contributed by atoms with Gasteiger partial charge in [-0.3, -0.25) is 9.59 Å². The number of anilines is 1. The summed E-state index contributed by atoms with van der Waals surface area (Å²) in [6.07, 6.45) is 1.20. The molecule has 0 bridgehead atoms. The maximum absolute atomic E-state index is 12.5. The highest BCUT2D eigenvalue weighted by Gasteiger charge is 2.27. The first-order chi connectivity index (χ1) is 10.1. The van der Waals surface area contributed by atoms with Crippen LogP contribution in [0.4, 0.5) is 5.69 Å². The lowest BCUT2D eigenvalue weighted by atomic mass is 10.0. The first kappa shape index (κ1) is 14.9. The summed E-state index contributed by atoms with van der Waals surface area (Å²) in [5, 5.41) is 0. The molecule has 1 amide bonds. The molecule has 3 rings (SSSR count). The van der Waals surface area contributed by atoms with E-state index in [1.165, 1.54) is 11.3 Å². The smallest absolute Gasteiger partial charge is 0.227 e. The van der Waals surface area contributed by atoms with E-state index in [1.807, 2.05) is 24.3 Å². The number of aryl methyl sites for hydroxylation is 1. The monoisotopic (exact) mass is 427 g/mol. The van der Waals surface area contributed by atoms with Crippen molar-refractivity contribution in [2.75, 3.05) is 11.4 Å². The summed E-state index contributed by atoms with van der Waals surface area (Å²) in [6, 6.07) is 9.55. The summed E-state index contributed by atoms with van der Waals surface area (Å²) in [5.74, 6) is -0.0543. The van der Waals surface area contributed by atoms with E-state index in [0.29, 0.717) is 12.0 Å². The number of halogens is 2. The number of Topliss-reactive ketones (excluding diaryl/α,β-unsaturated/α-hetero) is 1. The summed E-state index contributed by atoms with van der Waals surface area (Å²) in [7, 11) is 0. The molecule has 0 aliphatic carbocycles. The quantitative estimate of drug-likeness (QED) is 0.678. The van der Waals surface area contributed by atoms with Gasteiger partial charge < -0.3 is 4.90 Å². The highest BCUT2D eigenvalue weighted by atomic mass is 79.9. The molecule has 6 heteroatoms. The van der Waals surface area contributed by atoms with Crippen molar-refractivity contribution in [2.24, 2.45) is 0 Å². The Morgan fingerprint density at radius 3 is 2.71 bits per heavy atom. The zero-order chi connectivity index (χ0) is 15.0. The van der Waals surface area contributed by atoms with Crippen molar-refractivity contribution in [1.82, 2.24) is 0 Å². The fraction of sp³-hybridized carbons (Fsp3) is 0.200. The average Bonchev–Trinajstić information content (AvgIpc) is 2.81. The number of thiophene rings is 1. The van der Waals surface area contributed by atoms with Crippen molar-refractivity contribution >= 4 is 60.6 Å². The molecule has 0 saturated heterocycles. The molecule has 1 aliphatic rings. The largest absolute Gasteiger partial charge is 0.304 e. The van der Waals surface area contributed by atoms with Gasteiger partial charge in [-0.1, -0.05) is 18.2 Å². The van der Waals surface area contributed by atoms with E-state index in [0.717, 1.165) is 25.2 Å². The van der Waals surface area contributed by atoms with Gasteiger partial charge in [0.15, 0.2) is 5.78 Å². The maximum atomic E-state index is 12.5. The van der Waals surface area contributed by atoms with Gasteiger partial charge in [-0.2, -0.15) is 0 Å². The molecule has 108 valence electrons. The van der Waals surface area contributed by atoms with Crippen molar-refractivity contribution in [2.45, 2.75) is 12.8 Å². The third-order valence-electron chi connectivity index (χ3n) is 3.45. The van der Waals surface area contributed by atoms with Crippen LogP contribution in [0.25, 0.3) is 0 Å². The Morgan fingerprint density at radius 1 is 1.24 bits per heavy atom. The summed E-state index contributed by atoms with van der Waals surface area (Å²) >= 11 is 8.22. The number of para-hydroxylation sites is 1.